The second-order valence-electron chi connectivity index (χ2n) is 4.08. The number of aliphatic imine (C=N–C) groups is 1. The SMILES string of the molecule is O=C1C[C@H]2CC[C@H]3CC(=O)NC(=N1)N23. The van der Waals surface area contributed by atoms with Gasteiger partial charge in [-0.3, -0.25) is 14.9 Å². The fraction of sp³-hybridized carbons (Fsp3) is 0.667. The maximum absolute atomic E-state index is 11.3. The summed E-state index contributed by atoms with van der Waals surface area (Å²) in [7, 11) is 0. The molecule has 14 heavy (non-hydrogen) atoms. The summed E-state index contributed by atoms with van der Waals surface area (Å²) >= 11 is 0. The standard InChI is InChI=1S/C9H11N3O2/c13-7-3-5-1-2-6-4-8(14)11-9(10-7)12(5)6/h5-6H,1-4H2,(H,10,11,13,14)/t5-,6+. The summed E-state index contributed by atoms with van der Waals surface area (Å²) in [5, 5.41) is 2.67. The zero-order chi connectivity index (χ0) is 9.71. The molecule has 3 rings (SSSR count). The van der Waals surface area contributed by atoms with Crippen molar-refractivity contribution >= 4 is 17.8 Å². The Labute approximate surface area is 81.2 Å². The third-order valence-corrected chi connectivity index (χ3v) is 3.18. The summed E-state index contributed by atoms with van der Waals surface area (Å²) in [4.78, 5) is 28.5. The molecular formula is C9H11N3O2. The van der Waals surface area contributed by atoms with Crippen LogP contribution in [0, 0.1) is 0 Å². The van der Waals surface area contributed by atoms with Crippen molar-refractivity contribution in [3.05, 3.63) is 0 Å². The lowest BCUT2D eigenvalue weighted by molar-refractivity contribution is -0.122. The van der Waals surface area contributed by atoms with Crippen molar-refractivity contribution < 1.29 is 9.59 Å². The van der Waals surface area contributed by atoms with E-state index in [0.29, 0.717) is 18.8 Å². The summed E-state index contributed by atoms with van der Waals surface area (Å²) in [6.45, 7) is 0. The second-order valence-corrected chi connectivity index (χ2v) is 4.08. The van der Waals surface area contributed by atoms with E-state index in [4.69, 9.17) is 0 Å². The Kier molecular flexibility index (Phi) is 1.45. The van der Waals surface area contributed by atoms with Crippen molar-refractivity contribution in [1.29, 1.82) is 0 Å². The van der Waals surface area contributed by atoms with Gasteiger partial charge >= 0.3 is 0 Å². The second kappa shape index (κ2) is 2.56. The van der Waals surface area contributed by atoms with Gasteiger partial charge in [-0.05, 0) is 12.8 Å². The Morgan fingerprint density at radius 1 is 1.21 bits per heavy atom. The Balaban J connectivity index is 2.01. The molecule has 0 unspecified atom stereocenters. The molecule has 2 amide bonds. The van der Waals surface area contributed by atoms with Gasteiger partial charge in [-0.2, -0.15) is 4.99 Å². The molecule has 1 N–H and O–H groups in total. The van der Waals surface area contributed by atoms with E-state index in [-0.39, 0.29) is 23.9 Å². The minimum atomic E-state index is -0.107. The van der Waals surface area contributed by atoms with Crippen molar-refractivity contribution in [3.63, 3.8) is 0 Å². The first-order chi connectivity index (χ1) is 6.74. The van der Waals surface area contributed by atoms with Crippen LogP contribution in [-0.2, 0) is 9.59 Å². The van der Waals surface area contributed by atoms with E-state index in [2.05, 4.69) is 15.2 Å². The lowest BCUT2D eigenvalue weighted by Gasteiger charge is -2.38. The highest BCUT2D eigenvalue weighted by molar-refractivity contribution is 6.06. The third-order valence-electron chi connectivity index (χ3n) is 3.18. The summed E-state index contributed by atoms with van der Waals surface area (Å²) in [5.41, 5.74) is 0. The average molecular weight is 193 g/mol. The lowest BCUT2D eigenvalue weighted by atomic mass is 10.1. The third kappa shape index (κ3) is 0.981. The van der Waals surface area contributed by atoms with Gasteiger partial charge in [0.15, 0.2) is 0 Å². The first-order valence-electron chi connectivity index (χ1n) is 4.94. The largest absolute Gasteiger partial charge is 0.335 e. The number of hydrogen-bond acceptors (Lipinski definition) is 3. The molecule has 0 aromatic heterocycles. The molecule has 2 fully saturated rings. The molecule has 0 spiro atoms. The van der Waals surface area contributed by atoms with Crippen LogP contribution in [0.5, 0.6) is 0 Å². The zero-order valence-electron chi connectivity index (χ0n) is 7.69. The van der Waals surface area contributed by atoms with Crippen LogP contribution in [-0.4, -0.2) is 34.8 Å². The van der Waals surface area contributed by atoms with Crippen LogP contribution >= 0.6 is 0 Å². The highest BCUT2D eigenvalue weighted by Gasteiger charge is 2.43. The molecule has 3 heterocycles. The molecule has 74 valence electrons. The van der Waals surface area contributed by atoms with Gasteiger partial charge in [0.2, 0.25) is 11.9 Å². The molecule has 5 heteroatoms. The highest BCUT2D eigenvalue weighted by Crippen LogP contribution is 2.32. The van der Waals surface area contributed by atoms with Crippen molar-refractivity contribution in [2.24, 2.45) is 4.99 Å². The van der Waals surface area contributed by atoms with Crippen LogP contribution in [0.4, 0.5) is 0 Å². The number of carbonyl (C=O) groups excluding carboxylic acids is 2. The first-order valence-corrected chi connectivity index (χ1v) is 4.94. The molecule has 3 aliphatic heterocycles. The van der Waals surface area contributed by atoms with Gasteiger partial charge in [-0.25, -0.2) is 0 Å². The van der Waals surface area contributed by atoms with E-state index >= 15 is 0 Å². The van der Waals surface area contributed by atoms with Crippen molar-refractivity contribution in [2.45, 2.75) is 37.8 Å². The minimum absolute atomic E-state index is 0.0136. The summed E-state index contributed by atoms with van der Waals surface area (Å²) in [5.74, 6) is 0.370. The summed E-state index contributed by atoms with van der Waals surface area (Å²) < 4.78 is 0. The number of rotatable bonds is 0. The van der Waals surface area contributed by atoms with Crippen LogP contribution in [0.1, 0.15) is 25.7 Å². The minimum Gasteiger partial charge on any atom is -0.335 e. The molecule has 0 saturated carbocycles. The first kappa shape index (κ1) is 7.96. The monoisotopic (exact) mass is 193 g/mol. The van der Waals surface area contributed by atoms with Gasteiger partial charge < -0.3 is 4.90 Å². The van der Waals surface area contributed by atoms with E-state index in [9.17, 15) is 9.59 Å². The van der Waals surface area contributed by atoms with Crippen LogP contribution in [0.25, 0.3) is 0 Å². The molecule has 0 bridgehead atoms. The van der Waals surface area contributed by atoms with Gasteiger partial charge in [-0.15, -0.1) is 0 Å². The highest BCUT2D eigenvalue weighted by atomic mass is 16.2. The van der Waals surface area contributed by atoms with E-state index in [1.165, 1.54) is 0 Å². The fourth-order valence-electron chi connectivity index (χ4n) is 2.61. The predicted octanol–water partition coefficient (Wildman–Crippen LogP) is -0.374. The van der Waals surface area contributed by atoms with Gasteiger partial charge in [-0.1, -0.05) is 0 Å². The molecule has 2 saturated heterocycles. The molecule has 5 nitrogen and oxygen atoms in total. The molecule has 0 aliphatic carbocycles. The Hall–Kier alpha value is -1.39. The van der Waals surface area contributed by atoms with E-state index in [1.807, 2.05) is 0 Å². The average Bonchev–Trinajstić information content (AvgIpc) is 2.48. The smallest absolute Gasteiger partial charge is 0.250 e. The predicted molar refractivity (Wildman–Crippen MR) is 48.5 cm³/mol. The van der Waals surface area contributed by atoms with Crippen molar-refractivity contribution in [1.82, 2.24) is 10.2 Å². The van der Waals surface area contributed by atoms with Crippen LogP contribution < -0.4 is 5.32 Å². The van der Waals surface area contributed by atoms with Crippen LogP contribution in [0.3, 0.4) is 0 Å². The van der Waals surface area contributed by atoms with E-state index in [1.54, 1.807) is 0 Å². The Morgan fingerprint density at radius 2 is 1.93 bits per heavy atom. The number of nitrogens with zero attached hydrogens (tertiary/aromatic N) is 2. The molecule has 3 aliphatic rings. The van der Waals surface area contributed by atoms with E-state index in [0.717, 1.165) is 12.8 Å². The lowest BCUT2D eigenvalue weighted by Crippen LogP contribution is -2.58. The number of nitrogens with one attached hydrogen (secondary N) is 1. The quantitative estimate of drug-likeness (QED) is 0.570. The molecule has 2 atom stereocenters. The molecular weight excluding hydrogens is 182 g/mol. The van der Waals surface area contributed by atoms with E-state index < -0.39 is 0 Å². The number of hydrogen-bond donors (Lipinski definition) is 1. The maximum Gasteiger partial charge on any atom is 0.250 e. The number of guanidine groups is 1. The number of amides is 2. The zero-order valence-corrected chi connectivity index (χ0v) is 7.69. The summed E-state index contributed by atoms with van der Waals surface area (Å²) in [6.07, 6.45) is 3.06. The maximum atomic E-state index is 11.3. The van der Waals surface area contributed by atoms with Gasteiger partial charge in [0, 0.05) is 24.9 Å². The van der Waals surface area contributed by atoms with Crippen LogP contribution in [0.2, 0.25) is 0 Å². The fourth-order valence-corrected chi connectivity index (χ4v) is 2.61. The topological polar surface area (TPSA) is 61.8 Å². The van der Waals surface area contributed by atoms with Gasteiger partial charge in [0.05, 0.1) is 0 Å². The van der Waals surface area contributed by atoms with Crippen molar-refractivity contribution in [3.8, 4) is 0 Å². The van der Waals surface area contributed by atoms with Crippen molar-refractivity contribution in [2.75, 3.05) is 0 Å². The normalized spacial score (nSPS) is 35.1. The molecule has 0 aromatic carbocycles. The number of carbonyl (C=O) groups is 2. The molecule has 0 aromatic rings. The van der Waals surface area contributed by atoms with Gasteiger partial charge in [0.1, 0.15) is 0 Å². The van der Waals surface area contributed by atoms with Crippen LogP contribution in [0.15, 0.2) is 4.99 Å². The summed E-state index contributed by atoms with van der Waals surface area (Å²) in [6, 6.07) is 0.557. The Morgan fingerprint density at radius 3 is 2.71 bits per heavy atom. The molecule has 0 radical (unpaired) electrons. The Bertz CT molecular complexity index is 350. The van der Waals surface area contributed by atoms with Gasteiger partial charge in [0.25, 0.3) is 5.91 Å².